The van der Waals surface area contributed by atoms with Gasteiger partial charge in [0, 0.05) is 48.7 Å². The highest BCUT2D eigenvalue weighted by atomic mass is 19.1. The lowest BCUT2D eigenvalue weighted by atomic mass is 9.99. The van der Waals surface area contributed by atoms with Gasteiger partial charge >= 0.3 is 0 Å². The highest BCUT2D eigenvalue weighted by Gasteiger charge is 2.34. The molecule has 1 fully saturated rings. The largest absolute Gasteiger partial charge is 0.446 e. The molecular formula is C36H41F2N5O4. The molecule has 47 heavy (non-hydrogen) atoms. The number of alkyl halides is 2. The van der Waals surface area contributed by atoms with Crippen LogP contribution in [-0.2, 0) is 25.3 Å². The Balaban J connectivity index is 1.31. The number of hydrogen-bond acceptors (Lipinski definition) is 7. The minimum absolute atomic E-state index is 0.112. The third-order valence-corrected chi connectivity index (χ3v) is 8.34. The van der Waals surface area contributed by atoms with Crippen molar-refractivity contribution >= 4 is 11.8 Å². The van der Waals surface area contributed by atoms with Gasteiger partial charge in [0.2, 0.25) is 5.89 Å². The van der Waals surface area contributed by atoms with Crippen molar-refractivity contribution in [1.82, 2.24) is 25.5 Å². The van der Waals surface area contributed by atoms with Crippen molar-refractivity contribution in [2.75, 3.05) is 13.1 Å². The molecule has 0 unspecified atom stereocenters. The fraction of sp³-hybridized carbons (Fsp3) is 0.389. The first-order chi connectivity index (χ1) is 22.5. The van der Waals surface area contributed by atoms with Crippen LogP contribution in [0, 0.1) is 6.92 Å². The Bertz CT molecular complexity index is 1670. The molecule has 0 radical (unpaired) electrons. The number of oxazole rings is 1. The van der Waals surface area contributed by atoms with Crippen LogP contribution in [0.15, 0.2) is 77.7 Å². The molecule has 2 aromatic heterocycles. The van der Waals surface area contributed by atoms with Crippen LogP contribution in [-0.4, -0.2) is 57.0 Å². The molecule has 248 valence electrons. The Morgan fingerprint density at radius 1 is 1.09 bits per heavy atom. The van der Waals surface area contributed by atoms with Gasteiger partial charge in [-0.15, -0.1) is 0 Å². The van der Waals surface area contributed by atoms with Crippen LogP contribution < -0.4 is 10.6 Å². The maximum atomic E-state index is 14.4. The van der Waals surface area contributed by atoms with Crippen molar-refractivity contribution in [3.8, 4) is 0 Å². The molecule has 0 aliphatic carbocycles. The smallest absolute Gasteiger partial charge is 0.254 e. The Morgan fingerprint density at radius 2 is 1.85 bits per heavy atom. The van der Waals surface area contributed by atoms with Crippen LogP contribution in [0.4, 0.5) is 8.78 Å². The molecule has 2 aromatic carbocycles. The molecule has 11 heteroatoms. The number of amides is 2. The number of benzene rings is 2. The normalized spacial score (nSPS) is 16.2. The van der Waals surface area contributed by atoms with E-state index in [4.69, 9.17) is 4.42 Å². The summed E-state index contributed by atoms with van der Waals surface area (Å²) in [6.45, 7) is 4.81. The van der Waals surface area contributed by atoms with E-state index < -0.39 is 30.4 Å². The molecule has 3 N–H and O–H groups in total. The van der Waals surface area contributed by atoms with Gasteiger partial charge in [0.05, 0.1) is 17.8 Å². The number of pyridine rings is 1. The van der Waals surface area contributed by atoms with Crippen LogP contribution in [0.5, 0.6) is 0 Å². The second kappa shape index (κ2) is 15.0. The van der Waals surface area contributed by atoms with Gasteiger partial charge < -0.3 is 25.1 Å². The molecule has 1 aliphatic heterocycles. The van der Waals surface area contributed by atoms with Gasteiger partial charge in [-0.1, -0.05) is 30.3 Å². The topological polar surface area (TPSA) is 121 Å². The fourth-order valence-corrected chi connectivity index (χ4v) is 5.80. The van der Waals surface area contributed by atoms with Gasteiger partial charge in [-0.05, 0) is 81.0 Å². The molecular weight excluding hydrogens is 604 g/mol. The van der Waals surface area contributed by atoms with Crippen LogP contribution in [0.1, 0.15) is 87.3 Å². The molecule has 0 bridgehead atoms. The lowest BCUT2D eigenvalue weighted by Crippen LogP contribution is -2.48. The second-order valence-electron chi connectivity index (χ2n) is 12.6. The molecule has 1 saturated heterocycles. The molecule has 0 spiro atoms. The quantitative estimate of drug-likeness (QED) is 0.175. The zero-order chi connectivity index (χ0) is 33.6. The van der Waals surface area contributed by atoms with Gasteiger partial charge in [0.25, 0.3) is 11.8 Å². The maximum Gasteiger partial charge on any atom is 0.254 e. The van der Waals surface area contributed by atoms with Crippen molar-refractivity contribution in [2.24, 2.45) is 0 Å². The van der Waals surface area contributed by atoms with Crippen molar-refractivity contribution in [2.45, 2.75) is 77.1 Å². The number of halogens is 2. The molecule has 2 amide bonds. The monoisotopic (exact) mass is 645 g/mol. The predicted octanol–water partition coefficient (Wildman–Crippen LogP) is 5.52. The number of aryl methyl sites for hydroxylation is 1. The average Bonchev–Trinajstić information content (AvgIpc) is 3.73. The SMILES string of the molecule is Cc1coc([C@H]2CCCN2C(=O)c2cc(CF)cc(C(=O)N[C@@H](Cc3ccccc3)[C@H](O)CNCc3cncc(C(C)(C)F)c3)c2)n1. The number of rotatable bonds is 13. The molecule has 5 rings (SSSR count). The van der Waals surface area contributed by atoms with Crippen molar-refractivity contribution in [3.05, 3.63) is 118 Å². The van der Waals surface area contributed by atoms with Crippen molar-refractivity contribution in [3.63, 3.8) is 0 Å². The molecule has 4 aromatic rings. The first-order valence-electron chi connectivity index (χ1n) is 15.8. The zero-order valence-corrected chi connectivity index (χ0v) is 26.9. The molecule has 0 saturated carbocycles. The number of nitrogens with one attached hydrogen (secondary N) is 2. The summed E-state index contributed by atoms with van der Waals surface area (Å²) < 4.78 is 34.0. The lowest BCUT2D eigenvalue weighted by molar-refractivity contribution is 0.0715. The van der Waals surface area contributed by atoms with Crippen molar-refractivity contribution < 1.29 is 27.9 Å². The summed E-state index contributed by atoms with van der Waals surface area (Å²) in [6.07, 6.45) is 5.41. The van der Waals surface area contributed by atoms with Gasteiger partial charge in [0.15, 0.2) is 0 Å². The fourth-order valence-electron chi connectivity index (χ4n) is 5.80. The van der Waals surface area contributed by atoms with Gasteiger partial charge in [-0.3, -0.25) is 14.6 Å². The van der Waals surface area contributed by atoms with E-state index in [0.717, 1.165) is 17.5 Å². The minimum atomic E-state index is -1.54. The number of likely N-dealkylation sites (tertiary alicyclic amines) is 1. The van der Waals surface area contributed by atoms with E-state index in [9.17, 15) is 23.5 Å². The molecule has 9 nitrogen and oxygen atoms in total. The van der Waals surface area contributed by atoms with E-state index in [1.165, 1.54) is 38.2 Å². The van der Waals surface area contributed by atoms with Gasteiger partial charge in [-0.25, -0.2) is 13.8 Å². The van der Waals surface area contributed by atoms with Crippen LogP contribution in [0.3, 0.4) is 0 Å². The molecule has 3 atom stereocenters. The van der Waals surface area contributed by atoms with Crippen LogP contribution in [0.2, 0.25) is 0 Å². The van der Waals surface area contributed by atoms with E-state index in [0.29, 0.717) is 43.1 Å². The summed E-state index contributed by atoms with van der Waals surface area (Å²) in [5.41, 5.74) is 1.77. The maximum absolute atomic E-state index is 14.4. The van der Waals surface area contributed by atoms with E-state index in [-0.39, 0.29) is 35.2 Å². The Kier molecular flexibility index (Phi) is 10.8. The van der Waals surface area contributed by atoms with E-state index >= 15 is 0 Å². The number of aromatic nitrogens is 2. The molecule has 1 aliphatic rings. The highest BCUT2D eigenvalue weighted by Crippen LogP contribution is 2.33. The summed E-state index contributed by atoms with van der Waals surface area (Å²) >= 11 is 0. The van der Waals surface area contributed by atoms with E-state index in [2.05, 4.69) is 20.6 Å². The Labute approximate surface area is 273 Å². The Morgan fingerprint density at radius 3 is 2.55 bits per heavy atom. The van der Waals surface area contributed by atoms with Crippen molar-refractivity contribution in [1.29, 1.82) is 0 Å². The molecule has 3 heterocycles. The summed E-state index contributed by atoms with van der Waals surface area (Å²) in [5, 5.41) is 17.4. The van der Waals surface area contributed by atoms with Gasteiger partial charge in [-0.2, -0.15) is 0 Å². The van der Waals surface area contributed by atoms with Crippen LogP contribution >= 0.6 is 0 Å². The third kappa shape index (κ3) is 8.66. The zero-order valence-electron chi connectivity index (χ0n) is 26.9. The third-order valence-electron chi connectivity index (χ3n) is 8.34. The number of carbonyl (C=O) groups excluding carboxylic acids is 2. The Hall–Kier alpha value is -4.48. The number of carbonyl (C=O) groups is 2. The lowest BCUT2D eigenvalue weighted by Gasteiger charge is -2.26. The van der Waals surface area contributed by atoms with E-state index in [1.54, 1.807) is 23.4 Å². The summed E-state index contributed by atoms with van der Waals surface area (Å²) in [7, 11) is 0. The number of hydrogen-bond donors (Lipinski definition) is 3. The number of nitrogens with zero attached hydrogens (tertiary/aromatic N) is 3. The highest BCUT2D eigenvalue weighted by molar-refractivity contribution is 6.00. The average molecular weight is 646 g/mol. The summed E-state index contributed by atoms with van der Waals surface area (Å²) in [5.74, 6) is -0.431. The second-order valence-corrected chi connectivity index (χ2v) is 12.6. The summed E-state index contributed by atoms with van der Waals surface area (Å²) in [6, 6.07) is 14.4. The standard InChI is InChI=1S/C36H41F2N5O4/c1-23-22-47-34(41-23)31-10-7-11-43(31)35(46)28-13-25(17-37)12-27(16-28)33(45)42-30(15-24-8-5-4-6-9-24)32(44)21-40-19-26-14-29(20-39-18-26)36(2,3)38/h4-6,8-9,12-14,16,18,20,22,30-32,40,44H,7,10-11,15,17,19,21H2,1-3H3,(H,42,45)/t30-,31+,32+/m0/s1. The minimum Gasteiger partial charge on any atom is -0.446 e. The number of aliphatic hydroxyl groups excluding tert-OH is 1. The van der Waals surface area contributed by atoms with E-state index in [1.807, 2.05) is 37.3 Å². The first-order valence-corrected chi connectivity index (χ1v) is 15.8. The number of aliphatic hydroxyl groups is 1. The van der Waals surface area contributed by atoms with Crippen LogP contribution in [0.25, 0.3) is 0 Å². The summed E-state index contributed by atoms with van der Waals surface area (Å²) in [4.78, 5) is 37.5. The predicted molar refractivity (Wildman–Crippen MR) is 173 cm³/mol. The first kappa shape index (κ1) is 33.9. The van der Waals surface area contributed by atoms with Gasteiger partial charge in [0.1, 0.15) is 24.6 Å².